The van der Waals surface area contributed by atoms with Gasteiger partial charge in [0.05, 0.1) is 0 Å². The Morgan fingerprint density at radius 1 is 1.35 bits per heavy atom. The van der Waals surface area contributed by atoms with Crippen LogP contribution in [0.3, 0.4) is 0 Å². The lowest BCUT2D eigenvalue weighted by atomic mass is 10.1. The Morgan fingerprint density at radius 2 is 2.20 bits per heavy atom. The highest BCUT2D eigenvalue weighted by molar-refractivity contribution is 5.91. The molecule has 0 saturated carbocycles. The lowest BCUT2D eigenvalue weighted by Gasteiger charge is -2.22. The third-order valence-electron chi connectivity index (χ3n) is 3.95. The van der Waals surface area contributed by atoms with E-state index in [1.807, 2.05) is 12.1 Å². The molecule has 5 heteroatoms. The zero-order valence-electron chi connectivity index (χ0n) is 11.4. The number of hydrogen-bond acceptors (Lipinski definition) is 4. The molecule has 0 radical (unpaired) electrons. The molecule has 1 saturated heterocycles. The van der Waals surface area contributed by atoms with E-state index in [1.165, 1.54) is 18.9 Å². The van der Waals surface area contributed by atoms with Gasteiger partial charge in [-0.2, -0.15) is 0 Å². The zero-order valence-corrected chi connectivity index (χ0v) is 11.4. The third-order valence-corrected chi connectivity index (χ3v) is 3.95. The number of likely N-dealkylation sites (tertiary alicyclic amines) is 1. The minimum Gasteiger partial charge on any atom is -0.504 e. The molecule has 1 atom stereocenters. The molecule has 0 aromatic heterocycles. The highest BCUT2D eigenvalue weighted by Crippen LogP contribution is 2.37. The van der Waals surface area contributed by atoms with Crippen molar-refractivity contribution in [1.29, 1.82) is 0 Å². The second kappa shape index (κ2) is 5.17. The Hall–Kier alpha value is -2.01. The van der Waals surface area contributed by atoms with Crippen molar-refractivity contribution in [2.75, 3.05) is 6.54 Å². The summed E-state index contributed by atoms with van der Waals surface area (Å²) < 4.78 is 0. The van der Waals surface area contributed by atoms with Gasteiger partial charge in [0.25, 0.3) is 0 Å². The summed E-state index contributed by atoms with van der Waals surface area (Å²) in [5.41, 5.74) is 1.52. The third kappa shape index (κ3) is 2.36. The van der Waals surface area contributed by atoms with Crippen LogP contribution in [-0.2, 0) is 6.54 Å². The Morgan fingerprint density at radius 3 is 2.95 bits per heavy atom. The van der Waals surface area contributed by atoms with Gasteiger partial charge < -0.3 is 15.1 Å². The molecular weight excluding hydrogens is 256 g/mol. The van der Waals surface area contributed by atoms with Crippen LogP contribution < -0.4 is 4.84 Å². The van der Waals surface area contributed by atoms with Gasteiger partial charge in [-0.25, -0.2) is 0 Å². The first-order valence-electron chi connectivity index (χ1n) is 6.86. The number of oxime groups is 1. The number of aromatic hydroxyl groups is 1. The second-order valence-electron chi connectivity index (χ2n) is 5.33. The summed E-state index contributed by atoms with van der Waals surface area (Å²) in [4.78, 5) is 7.47. The van der Waals surface area contributed by atoms with Gasteiger partial charge in [0.1, 0.15) is 0 Å². The van der Waals surface area contributed by atoms with Crippen molar-refractivity contribution >= 4 is 12.0 Å². The highest BCUT2D eigenvalue weighted by Gasteiger charge is 2.23. The molecule has 1 aromatic carbocycles. The molecule has 20 heavy (non-hydrogen) atoms. The molecule has 0 amide bonds. The predicted octanol–water partition coefficient (Wildman–Crippen LogP) is 2.65. The van der Waals surface area contributed by atoms with Crippen LogP contribution in [0.5, 0.6) is 11.5 Å². The molecule has 5 nitrogen and oxygen atoms in total. The Labute approximate surface area is 117 Å². The summed E-state index contributed by atoms with van der Waals surface area (Å²) >= 11 is 0. The maximum absolute atomic E-state index is 10.4. The van der Waals surface area contributed by atoms with Crippen molar-refractivity contribution in [2.24, 2.45) is 5.16 Å². The fourth-order valence-electron chi connectivity index (χ4n) is 2.72. The maximum Gasteiger partial charge on any atom is 0.248 e. The quantitative estimate of drug-likeness (QED) is 0.870. The summed E-state index contributed by atoms with van der Waals surface area (Å²) in [6.07, 6.45) is 5.50. The average molecular weight is 274 g/mol. The molecular formula is C15H18N2O3. The van der Waals surface area contributed by atoms with E-state index in [9.17, 15) is 10.2 Å². The summed E-state index contributed by atoms with van der Waals surface area (Å²) in [6, 6.07) is 4.31. The second-order valence-corrected chi connectivity index (χ2v) is 5.33. The molecule has 106 valence electrons. The first-order chi connectivity index (χ1) is 9.65. The van der Waals surface area contributed by atoms with Gasteiger partial charge in [0.2, 0.25) is 11.6 Å². The topological polar surface area (TPSA) is 65.3 Å². The number of benzene rings is 1. The maximum atomic E-state index is 10.4. The van der Waals surface area contributed by atoms with Crippen LogP contribution in [-0.4, -0.2) is 33.6 Å². The van der Waals surface area contributed by atoms with Crippen LogP contribution in [0.4, 0.5) is 0 Å². The number of fused-ring (bicyclic) bond motifs is 1. The van der Waals surface area contributed by atoms with Crippen molar-refractivity contribution in [3.8, 4) is 11.5 Å². The monoisotopic (exact) mass is 274 g/mol. The van der Waals surface area contributed by atoms with Gasteiger partial charge in [-0.3, -0.25) is 4.90 Å². The molecule has 0 bridgehead atoms. The van der Waals surface area contributed by atoms with Gasteiger partial charge >= 0.3 is 0 Å². The average Bonchev–Trinajstić information content (AvgIpc) is 2.72. The number of nitrogens with zero attached hydrogens (tertiary/aromatic N) is 2. The van der Waals surface area contributed by atoms with Gasteiger partial charge in [0.15, 0.2) is 5.75 Å². The lowest BCUT2D eigenvalue weighted by Crippen LogP contribution is -2.26. The fraction of sp³-hybridized carbons (Fsp3) is 0.400. The molecule has 1 fully saturated rings. The van der Waals surface area contributed by atoms with Crippen LogP contribution in [0.25, 0.3) is 6.08 Å². The van der Waals surface area contributed by atoms with Crippen LogP contribution in [0.2, 0.25) is 0 Å². The molecule has 1 aromatic rings. The van der Waals surface area contributed by atoms with Crippen molar-refractivity contribution in [2.45, 2.75) is 32.4 Å². The van der Waals surface area contributed by atoms with Crippen molar-refractivity contribution in [3.05, 3.63) is 29.3 Å². The first kappa shape index (κ1) is 13.0. The minimum absolute atomic E-state index is 0.102. The van der Waals surface area contributed by atoms with Crippen LogP contribution in [0.1, 0.15) is 30.9 Å². The number of phenolic OH excluding ortho intramolecular Hbond substituents is 1. The number of phenols is 1. The lowest BCUT2D eigenvalue weighted by molar-refractivity contribution is 0.253. The largest absolute Gasteiger partial charge is 0.504 e. The zero-order chi connectivity index (χ0) is 14.1. The van der Waals surface area contributed by atoms with E-state index in [4.69, 9.17) is 4.84 Å². The van der Waals surface area contributed by atoms with Gasteiger partial charge in [0, 0.05) is 29.8 Å². The number of hydrogen-bond donors (Lipinski definition) is 2. The van der Waals surface area contributed by atoms with Crippen molar-refractivity contribution in [1.82, 2.24) is 4.90 Å². The molecule has 3 rings (SSSR count). The number of rotatable bonds is 2. The van der Waals surface area contributed by atoms with Crippen LogP contribution >= 0.6 is 0 Å². The Bertz CT molecular complexity index is 581. The van der Waals surface area contributed by atoms with Gasteiger partial charge in [-0.15, -0.1) is 0 Å². The van der Waals surface area contributed by atoms with E-state index in [0.29, 0.717) is 23.9 Å². The van der Waals surface area contributed by atoms with E-state index in [0.717, 1.165) is 12.1 Å². The minimum atomic E-state index is -0.213. The summed E-state index contributed by atoms with van der Waals surface area (Å²) in [5.74, 6) is 0.190. The summed E-state index contributed by atoms with van der Waals surface area (Å²) in [7, 11) is 0. The Kier molecular flexibility index (Phi) is 3.36. The van der Waals surface area contributed by atoms with Crippen LogP contribution in [0.15, 0.2) is 23.4 Å². The van der Waals surface area contributed by atoms with E-state index >= 15 is 0 Å². The number of aliphatic hydroxyl groups is 1. The first-order valence-corrected chi connectivity index (χ1v) is 6.86. The Balaban J connectivity index is 1.89. The van der Waals surface area contributed by atoms with E-state index in [2.05, 4.69) is 17.0 Å². The van der Waals surface area contributed by atoms with E-state index < -0.39 is 0 Å². The smallest absolute Gasteiger partial charge is 0.248 e. The molecule has 2 aliphatic rings. The molecule has 2 aliphatic heterocycles. The van der Waals surface area contributed by atoms with Crippen molar-refractivity contribution in [3.63, 3.8) is 0 Å². The molecule has 2 N–H and O–H groups in total. The SMILES string of the molecule is CC1CCCN1Cc1ccc2c(c1O)ON=C(O)C=C2. The van der Waals surface area contributed by atoms with E-state index in [-0.39, 0.29) is 11.6 Å². The molecule has 0 aliphatic carbocycles. The summed E-state index contributed by atoms with van der Waals surface area (Å²) in [6.45, 7) is 3.95. The van der Waals surface area contributed by atoms with E-state index in [1.54, 1.807) is 6.08 Å². The fourth-order valence-corrected chi connectivity index (χ4v) is 2.72. The molecule has 0 spiro atoms. The van der Waals surface area contributed by atoms with Gasteiger partial charge in [-0.1, -0.05) is 12.1 Å². The predicted molar refractivity (Wildman–Crippen MR) is 76.9 cm³/mol. The molecule has 1 unspecified atom stereocenters. The van der Waals surface area contributed by atoms with Gasteiger partial charge in [-0.05, 0) is 37.5 Å². The normalized spacial score (nSPS) is 22.1. The van der Waals surface area contributed by atoms with Crippen molar-refractivity contribution < 1.29 is 15.1 Å². The van der Waals surface area contributed by atoms with Crippen LogP contribution in [0, 0.1) is 0 Å². The number of aliphatic hydroxyl groups excluding tert-OH is 1. The standard InChI is InChI=1S/C15H18N2O3/c1-10-3-2-8-17(10)9-12-5-4-11-6-7-13(18)16-20-15(11)14(12)19/h4-7,10,19H,2-3,8-9H2,1H3,(H,16,18). The highest BCUT2D eigenvalue weighted by atomic mass is 16.6. The molecule has 2 heterocycles. The summed E-state index contributed by atoms with van der Waals surface area (Å²) in [5, 5.41) is 23.2.